The maximum absolute atomic E-state index is 10.8. The van der Waals surface area contributed by atoms with Crippen molar-refractivity contribution in [3.8, 4) is 0 Å². The number of carbonyl (C=O) groups is 1. The minimum absolute atomic E-state index is 0.227. The molecule has 62 valence electrons. The SMILES string of the molecule is COC(=O)/C=C(\C)C1CCC1. The Balaban J connectivity index is 2.43. The van der Waals surface area contributed by atoms with Crippen molar-refractivity contribution in [3.63, 3.8) is 0 Å². The molecule has 2 heteroatoms. The number of esters is 1. The van der Waals surface area contributed by atoms with Crippen LogP contribution in [0.15, 0.2) is 11.6 Å². The van der Waals surface area contributed by atoms with Gasteiger partial charge < -0.3 is 4.74 Å². The molecule has 1 aliphatic carbocycles. The largest absolute Gasteiger partial charge is 0.466 e. The fourth-order valence-electron chi connectivity index (χ4n) is 1.23. The lowest BCUT2D eigenvalue weighted by Gasteiger charge is -2.25. The van der Waals surface area contributed by atoms with E-state index in [1.54, 1.807) is 6.08 Å². The zero-order valence-corrected chi connectivity index (χ0v) is 7.09. The van der Waals surface area contributed by atoms with Crippen LogP contribution in [0.1, 0.15) is 26.2 Å². The van der Waals surface area contributed by atoms with Crippen molar-refractivity contribution in [2.24, 2.45) is 5.92 Å². The Bertz CT molecular complexity index is 178. The summed E-state index contributed by atoms with van der Waals surface area (Å²) in [4.78, 5) is 10.8. The monoisotopic (exact) mass is 154 g/mol. The molecule has 11 heavy (non-hydrogen) atoms. The standard InChI is InChI=1S/C9H14O2/c1-7(6-9(10)11-2)8-4-3-5-8/h6,8H,3-5H2,1-2H3/b7-6+. The summed E-state index contributed by atoms with van der Waals surface area (Å²) in [6.45, 7) is 2.00. The summed E-state index contributed by atoms with van der Waals surface area (Å²) < 4.78 is 4.52. The number of rotatable bonds is 2. The van der Waals surface area contributed by atoms with Gasteiger partial charge in [-0.15, -0.1) is 0 Å². The van der Waals surface area contributed by atoms with Crippen LogP contribution in [0.25, 0.3) is 0 Å². The summed E-state index contributed by atoms with van der Waals surface area (Å²) in [5.74, 6) is 0.420. The predicted octanol–water partition coefficient (Wildman–Crippen LogP) is 1.91. The Morgan fingerprint density at radius 3 is 2.55 bits per heavy atom. The molecule has 0 atom stereocenters. The first-order chi connectivity index (χ1) is 5.24. The quantitative estimate of drug-likeness (QED) is 0.448. The highest BCUT2D eigenvalue weighted by Crippen LogP contribution is 2.32. The zero-order valence-electron chi connectivity index (χ0n) is 7.09. The molecule has 0 spiro atoms. The number of hydrogen-bond acceptors (Lipinski definition) is 2. The van der Waals surface area contributed by atoms with Crippen molar-refractivity contribution in [1.29, 1.82) is 0 Å². The summed E-state index contributed by atoms with van der Waals surface area (Å²) in [7, 11) is 1.41. The number of hydrogen-bond donors (Lipinski definition) is 0. The fourth-order valence-corrected chi connectivity index (χ4v) is 1.23. The van der Waals surface area contributed by atoms with Crippen molar-refractivity contribution >= 4 is 5.97 Å². The van der Waals surface area contributed by atoms with Crippen LogP contribution in [0.3, 0.4) is 0 Å². The highest BCUT2D eigenvalue weighted by Gasteiger charge is 2.19. The van der Waals surface area contributed by atoms with Gasteiger partial charge >= 0.3 is 5.97 Å². The van der Waals surface area contributed by atoms with E-state index < -0.39 is 0 Å². The summed E-state index contributed by atoms with van der Waals surface area (Å²) in [6.07, 6.45) is 5.37. The molecular formula is C9H14O2. The second kappa shape index (κ2) is 3.56. The summed E-state index contributed by atoms with van der Waals surface area (Å²) >= 11 is 0. The molecule has 1 saturated carbocycles. The Labute approximate surface area is 67.2 Å². The second-order valence-electron chi connectivity index (χ2n) is 3.04. The molecule has 0 aromatic heterocycles. The van der Waals surface area contributed by atoms with Gasteiger partial charge in [0, 0.05) is 6.08 Å². The van der Waals surface area contributed by atoms with E-state index in [1.807, 2.05) is 6.92 Å². The molecule has 0 aromatic rings. The van der Waals surface area contributed by atoms with Gasteiger partial charge in [-0.2, -0.15) is 0 Å². The molecule has 0 amide bonds. The van der Waals surface area contributed by atoms with Gasteiger partial charge in [0.15, 0.2) is 0 Å². The molecule has 0 heterocycles. The average Bonchev–Trinajstić information content (AvgIpc) is 1.83. The number of ether oxygens (including phenoxy) is 1. The summed E-state index contributed by atoms with van der Waals surface area (Å²) in [5, 5.41) is 0. The molecule has 1 rings (SSSR count). The van der Waals surface area contributed by atoms with Gasteiger partial charge in [-0.3, -0.25) is 0 Å². The van der Waals surface area contributed by atoms with Crippen molar-refractivity contribution in [2.45, 2.75) is 26.2 Å². The van der Waals surface area contributed by atoms with Gasteiger partial charge in [0.05, 0.1) is 7.11 Å². The van der Waals surface area contributed by atoms with Crippen molar-refractivity contribution < 1.29 is 9.53 Å². The number of methoxy groups -OCH3 is 1. The Kier molecular flexibility index (Phi) is 2.69. The van der Waals surface area contributed by atoms with Crippen LogP contribution >= 0.6 is 0 Å². The lowest BCUT2D eigenvalue weighted by Crippen LogP contribution is -2.13. The zero-order chi connectivity index (χ0) is 8.27. The second-order valence-corrected chi connectivity index (χ2v) is 3.04. The van der Waals surface area contributed by atoms with Crippen LogP contribution in [0, 0.1) is 5.92 Å². The van der Waals surface area contributed by atoms with Crippen LogP contribution in [-0.2, 0) is 9.53 Å². The third-order valence-electron chi connectivity index (χ3n) is 2.30. The van der Waals surface area contributed by atoms with Gasteiger partial charge in [-0.25, -0.2) is 4.79 Å². The third kappa shape index (κ3) is 2.07. The highest BCUT2D eigenvalue weighted by atomic mass is 16.5. The molecule has 0 radical (unpaired) electrons. The molecule has 0 aromatic carbocycles. The molecule has 1 aliphatic rings. The predicted molar refractivity (Wildman–Crippen MR) is 43.1 cm³/mol. The van der Waals surface area contributed by atoms with Gasteiger partial charge in [0.25, 0.3) is 0 Å². The van der Waals surface area contributed by atoms with Crippen LogP contribution in [0.2, 0.25) is 0 Å². The first kappa shape index (κ1) is 8.31. The molecule has 1 fully saturated rings. The van der Waals surface area contributed by atoms with E-state index in [0.29, 0.717) is 5.92 Å². The van der Waals surface area contributed by atoms with E-state index in [9.17, 15) is 4.79 Å². The maximum Gasteiger partial charge on any atom is 0.330 e. The average molecular weight is 154 g/mol. The number of carbonyl (C=O) groups excluding carboxylic acids is 1. The molecular weight excluding hydrogens is 140 g/mol. The third-order valence-corrected chi connectivity index (χ3v) is 2.30. The summed E-state index contributed by atoms with van der Waals surface area (Å²) in [5.41, 5.74) is 1.17. The Hall–Kier alpha value is -0.790. The van der Waals surface area contributed by atoms with Crippen LogP contribution in [0.4, 0.5) is 0 Å². The molecule has 0 unspecified atom stereocenters. The van der Waals surface area contributed by atoms with E-state index in [1.165, 1.54) is 31.9 Å². The van der Waals surface area contributed by atoms with Gasteiger partial charge in [-0.05, 0) is 25.7 Å². The van der Waals surface area contributed by atoms with E-state index in [0.717, 1.165) is 0 Å². The van der Waals surface area contributed by atoms with E-state index >= 15 is 0 Å². The molecule has 0 saturated heterocycles. The molecule has 2 nitrogen and oxygen atoms in total. The number of allylic oxidation sites excluding steroid dienone is 1. The lowest BCUT2D eigenvalue weighted by molar-refractivity contribution is -0.134. The first-order valence-corrected chi connectivity index (χ1v) is 4.00. The fraction of sp³-hybridized carbons (Fsp3) is 0.667. The van der Waals surface area contributed by atoms with Crippen LogP contribution in [0.5, 0.6) is 0 Å². The topological polar surface area (TPSA) is 26.3 Å². The lowest BCUT2D eigenvalue weighted by atomic mass is 9.80. The normalized spacial score (nSPS) is 19.3. The molecule has 0 bridgehead atoms. The van der Waals surface area contributed by atoms with Gasteiger partial charge in [-0.1, -0.05) is 12.0 Å². The minimum Gasteiger partial charge on any atom is -0.466 e. The van der Waals surface area contributed by atoms with E-state index in [-0.39, 0.29) is 5.97 Å². The van der Waals surface area contributed by atoms with E-state index in [4.69, 9.17) is 0 Å². The van der Waals surface area contributed by atoms with Gasteiger partial charge in [0.1, 0.15) is 0 Å². The Morgan fingerprint density at radius 1 is 1.55 bits per heavy atom. The smallest absolute Gasteiger partial charge is 0.330 e. The minimum atomic E-state index is -0.227. The van der Waals surface area contributed by atoms with Gasteiger partial charge in [0.2, 0.25) is 0 Å². The molecule has 0 N–H and O–H groups in total. The molecule has 0 aliphatic heterocycles. The highest BCUT2D eigenvalue weighted by molar-refractivity contribution is 5.82. The first-order valence-electron chi connectivity index (χ1n) is 4.00. The van der Waals surface area contributed by atoms with Crippen LogP contribution < -0.4 is 0 Å². The summed E-state index contributed by atoms with van der Waals surface area (Å²) in [6, 6.07) is 0. The van der Waals surface area contributed by atoms with Crippen LogP contribution in [-0.4, -0.2) is 13.1 Å². The van der Waals surface area contributed by atoms with E-state index in [2.05, 4.69) is 4.74 Å². The van der Waals surface area contributed by atoms with Crippen molar-refractivity contribution in [1.82, 2.24) is 0 Å². The van der Waals surface area contributed by atoms with Crippen molar-refractivity contribution in [3.05, 3.63) is 11.6 Å². The Morgan fingerprint density at radius 2 is 2.18 bits per heavy atom. The maximum atomic E-state index is 10.8. The van der Waals surface area contributed by atoms with Crippen molar-refractivity contribution in [2.75, 3.05) is 7.11 Å².